The lowest BCUT2D eigenvalue weighted by atomic mass is 10.1. The van der Waals surface area contributed by atoms with Gasteiger partial charge in [-0.25, -0.2) is 4.79 Å². The van der Waals surface area contributed by atoms with Crippen LogP contribution >= 0.6 is 0 Å². The maximum absolute atomic E-state index is 11.8. The number of ether oxygens (including phenoxy) is 1. The van der Waals surface area contributed by atoms with E-state index in [-0.39, 0.29) is 11.5 Å². The lowest BCUT2D eigenvalue weighted by Gasteiger charge is -2.05. The van der Waals surface area contributed by atoms with Crippen molar-refractivity contribution in [2.45, 2.75) is 13.5 Å². The molecule has 0 atom stereocenters. The Hall–Kier alpha value is -2.23. The quantitative estimate of drug-likeness (QED) is 0.515. The summed E-state index contributed by atoms with van der Waals surface area (Å²) in [6.07, 6.45) is 1.64. The molecule has 0 aliphatic rings. The van der Waals surface area contributed by atoms with Gasteiger partial charge in [-0.2, -0.15) is 0 Å². The van der Waals surface area contributed by atoms with Crippen LogP contribution in [0.1, 0.15) is 16.1 Å². The molecule has 0 unspecified atom stereocenters. The molecular weight excluding hydrogens is 232 g/mol. The van der Waals surface area contributed by atoms with Gasteiger partial charge < -0.3 is 13.9 Å². The molecule has 0 aliphatic heterocycles. The molecule has 0 bridgehead atoms. The highest BCUT2D eigenvalue weighted by atomic mass is 16.6. The van der Waals surface area contributed by atoms with E-state index in [9.17, 15) is 9.90 Å². The molecule has 4 heteroatoms. The molecule has 0 radical (unpaired) electrons. The molecule has 2 rings (SSSR count). The molecule has 1 aromatic heterocycles. The van der Waals surface area contributed by atoms with Crippen molar-refractivity contribution in [2.75, 3.05) is 7.11 Å². The van der Waals surface area contributed by atoms with Crippen molar-refractivity contribution in [3.05, 3.63) is 42.2 Å². The van der Waals surface area contributed by atoms with Crippen LogP contribution in [0.4, 0.5) is 0 Å². The average molecular weight is 247 g/mol. The number of furan rings is 1. The first kappa shape index (κ1) is 12.2. The second kappa shape index (κ2) is 4.56. The van der Waals surface area contributed by atoms with Crippen molar-refractivity contribution in [1.29, 1.82) is 0 Å². The second-order valence-electron chi connectivity index (χ2n) is 3.97. The van der Waals surface area contributed by atoms with E-state index in [4.69, 9.17) is 4.74 Å². The molecule has 0 spiro atoms. The largest absolute Gasteiger partial charge is 0.524 e. The topological polar surface area (TPSA) is 49.2 Å². The highest BCUT2D eigenvalue weighted by molar-refractivity contribution is 5.99. The van der Waals surface area contributed by atoms with Crippen molar-refractivity contribution < 1.29 is 18.7 Å². The molecule has 4 nitrogen and oxygen atoms in total. The van der Waals surface area contributed by atoms with E-state index in [1.807, 2.05) is 19.1 Å². The normalized spacial score (nSPS) is 10.6. The summed E-state index contributed by atoms with van der Waals surface area (Å²) >= 11 is 0. The number of carbonyl (C=O) groups is 1. The maximum Gasteiger partial charge on any atom is 0.432 e. The Morgan fingerprint density at radius 3 is 2.89 bits per heavy atom. The fraction of sp³-hybridized carbons (Fsp3) is 0.214. The van der Waals surface area contributed by atoms with Gasteiger partial charge in [0.1, 0.15) is 5.39 Å². The zero-order valence-corrected chi connectivity index (χ0v) is 10.4. The Bertz CT molecular complexity index is 622. The molecule has 1 heterocycles. The molecule has 94 valence electrons. The molecule has 0 fully saturated rings. The number of para-hydroxylation sites is 1. The van der Waals surface area contributed by atoms with E-state index in [0.29, 0.717) is 12.0 Å². The van der Waals surface area contributed by atoms with Crippen LogP contribution in [-0.4, -0.2) is 18.2 Å². The number of hydrogen-bond acceptors (Lipinski definition) is 3. The number of esters is 1. The van der Waals surface area contributed by atoms with Gasteiger partial charge in [0.2, 0.25) is 5.75 Å². The fourth-order valence-corrected chi connectivity index (χ4v) is 2.08. The summed E-state index contributed by atoms with van der Waals surface area (Å²) < 4.78 is 7.36. The van der Waals surface area contributed by atoms with E-state index in [0.717, 1.165) is 11.1 Å². The van der Waals surface area contributed by atoms with E-state index < -0.39 is 5.97 Å². The lowest BCUT2D eigenvalue weighted by Crippen LogP contribution is -2.03. The predicted molar refractivity (Wildman–Crippen MR) is 68.8 cm³/mol. The fourth-order valence-electron chi connectivity index (χ4n) is 2.08. The summed E-state index contributed by atoms with van der Waals surface area (Å²) in [6.45, 7) is 5.92. The lowest BCUT2D eigenvalue weighted by molar-refractivity contribution is 0.0452. The average Bonchev–Trinajstić information content (AvgIpc) is 2.64. The molecular formula is C14H15O4+. The Balaban J connectivity index is 2.87. The first-order chi connectivity index (χ1) is 8.61. The number of allylic oxidation sites excluding steroid dienone is 1. The van der Waals surface area contributed by atoms with E-state index in [2.05, 4.69) is 10.6 Å². The summed E-state index contributed by atoms with van der Waals surface area (Å²) in [5, 5.41) is 10.8. The Morgan fingerprint density at radius 2 is 2.28 bits per heavy atom. The van der Waals surface area contributed by atoms with Gasteiger partial charge in [0.05, 0.1) is 7.11 Å². The third-order valence-corrected chi connectivity index (χ3v) is 2.83. The zero-order chi connectivity index (χ0) is 13.3. The second-order valence-corrected chi connectivity index (χ2v) is 3.97. The van der Waals surface area contributed by atoms with Crippen molar-refractivity contribution in [3.63, 3.8) is 0 Å². The number of carbonyl (C=O) groups excluding carboxylic acids is 1. The SMILES string of the molecule is C=CC[o+]1c(C(=O)OC)c(O)c2cccc(C)c21. The number of benzene rings is 1. The van der Waals surface area contributed by atoms with Gasteiger partial charge in [-0.3, -0.25) is 0 Å². The number of hydrogen-bond donors (Lipinski definition) is 1. The number of fused-ring (bicyclic) bond motifs is 1. The first-order valence-electron chi connectivity index (χ1n) is 5.55. The van der Waals surface area contributed by atoms with Crippen molar-refractivity contribution in [2.24, 2.45) is 0 Å². The highest BCUT2D eigenvalue weighted by Gasteiger charge is 2.32. The smallest absolute Gasteiger partial charge is 0.432 e. The molecule has 2 aromatic rings. The van der Waals surface area contributed by atoms with Crippen LogP contribution in [0.3, 0.4) is 0 Å². The Morgan fingerprint density at radius 1 is 1.56 bits per heavy atom. The predicted octanol–water partition coefficient (Wildman–Crippen LogP) is 3.11. The van der Waals surface area contributed by atoms with Crippen molar-refractivity contribution >= 4 is 16.9 Å². The van der Waals surface area contributed by atoms with E-state index in [1.165, 1.54) is 7.11 Å². The third kappa shape index (κ3) is 1.66. The minimum Gasteiger partial charge on any atom is -0.524 e. The van der Waals surface area contributed by atoms with E-state index in [1.54, 1.807) is 12.1 Å². The van der Waals surface area contributed by atoms with Crippen LogP contribution in [0, 0.1) is 6.92 Å². The van der Waals surface area contributed by atoms with Crippen LogP contribution in [0.25, 0.3) is 11.0 Å². The molecule has 0 amide bonds. The summed E-state index contributed by atoms with van der Waals surface area (Å²) in [5.41, 5.74) is 1.69. The minimum absolute atomic E-state index is 0.0765. The van der Waals surface area contributed by atoms with Gasteiger partial charge >= 0.3 is 11.7 Å². The van der Waals surface area contributed by atoms with Crippen LogP contribution in [0.15, 0.2) is 34.9 Å². The van der Waals surface area contributed by atoms with Crippen molar-refractivity contribution in [3.8, 4) is 5.75 Å². The van der Waals surface area contributed by atoms with Gasteiger partial charge in [-0.05, 0) is 19.1 Å². The molecule has 0 saturated heterocycles. The summed E-state index contributed by atoms with van der Waals surface area (Å²) in [5.74, 6) is -0.580. The molecule has 0 aliphatic carbocycles. The summed E-state index contributed by atoms with van der Waals surface area (Å²) in [7, 11) is 1.28. The number of aromatic hydroxyl groups is 1. The van der Waals surface area contributed by atoms with Crippen molar-refractivity contribution in [1.82, 2.24) is 0 Å². The number of methoxy groups -OCH3 is 1. The Kier molecular flexibility index (Phi) is 3.10. The van der Waals surface area contributed by atoms with Gasteiger partial charge in [-0.1, -0.05) is 18.7 Å². The van der Waals surface area contributed by atoms with Gasteiger partial charge in [0.25, 0.3) is 5.58 Å². The van der Waals surface area contributed by atoms with E-state index >= 15 is 0 Å². The monoisotopic (exact) mass is 247 g/mol. The van der Waals surface area contributed by atoms with Crippen LogP contribution in [0.2, 0.25) is 0 Å². The van der Waals surface area contributed by atoms with Crippen LogP contribution in [-0.2, 0) is 11.3 Å². The first-order valence-corrected chi connectivity index (χ1v) is 5.55. The van der Waals surface area contributed by atoms with Gasteiger partial charge in [-0.15, -0.1) is 0 Å². The summed E-state index contributed by atoms with van der Waals surface area (Å²) in [6, 6.07) is 5.50. The third-order valence-electron chi connectivity index (χ3n) is 2.83. The molecule has 1 N–H and O–H groups in total. The Labute approximate surface area is 105 Å². The van der Waals surface area contributed by atoms with Gasteiger partial charge in [0, 0.05) is 5.56 Å². The standard InChI is InChI=1S/C14H14O4/c1-4-8-18-12-9(2)6-5-7-10(12)11(15)13(18)14(16)17-3/h4-7H,1,8H2,2-3H3/p+1. The zero-order valence-electron chi connectivity index (χ0n) is 10.4. The van der Waals surface area contributed by atoms with Gasteiger partial charge in [0.15, 0.2) is 6.61 Å². The summed E-state index contributed by atoms with van der Waals surface area (Å²) in [4.78, 5) is 11.8. The highest BCUT2D eigenvalue weighted by Crippen LogP contribution is 2.39. The van der Waals surface area contributed by atoms with Crippen LogP contribution in [0.5, 0.6) is 5.75 Å². The number of rotatable bonds is 3. The maximum atomic E-state index is 11.8. The van der Waals surface area contributed by atoms with Crippen LogP contribution < -0.4 is 0 Å². The molecule has 0 saturated carbocycles. The number of aryl methyl sites for hydroxylation is 1. The molecule has 1 aromatic carbocycles. The minimum atomic E-state index is -0.588. The molecule has 18 heavy (non-hydrogen) atoms.